The van der Waals surface area contributed by atoms with Gasteiger partial charge in [-0.05, 0) is 49.0 Å². The van der Waals surface area contributed by atoms with E-state index in [9.17, 15) is 4.79 Å². The number of aryl methyl sites for hydroxylation is 1. The molecule has 1 amide bonds. The summed E-state index contributed by atoms with van der Waals surface area (Å²) in [7, 11) is 0. The standard InChI is InChI=1S/C20H16N4OS/c1-14-7-9-16(10-8-14)22-20-23-19(25)18(26-20)11-15-12-21-24(13-15)17-5-3-2-4-6-17/h2-13H,1H3,(H,22,23,25)/b18-11+. The van der Waals surface area contributed by atoms with Crippen LogP contribution in [0.25, 0.3) is 11.8 Å². The number of hydrogen-bond donors (Lipinski definition) is 1. The van der Waals surface area contributed by atoms with Crippen LogP contribution < -0.4 is 5.32 Å². The molecule has 6 heteroatoms. The van der Waals surface area contributed by atoms with Crippen molar-refractivity contribution in [1.82, 2.24) is 15.1 Å². The van der Waals surface area contributed by atoms with Gasteiger partial charge >= 0.3 is 0 Å². The van der Waals surface area contributed by atoms with Crippen molar-refractivity contribution in [1.29, 1.82) is 0 Å². The van der Waals surface area contributed by atoms with E-state index in [0.717, 1.165) is 16.9 Å². The van der Waals surface area contributed by atoms with Crippen molar-refractivity contribution in [2.75, 3.05) is 0 Å². The van der Waals surface area contributed by atoms with E-state index in [1.807, 2.05) is 73.8 Å². The number of amides is 1. The van der Waals surface area contributed by atoms with Gasteiger partial charge in [-0.1, -0.05) is 35.9 Å². The lowest BCUT2D eigenvalue weighted by atomic mass is 10.2. The van der Waals surface area contributed by atoms with Gasteiger partial charge in [0.25, 0.3) is 5.91 Å². The molecule has 1 aliphatic rings. The molecule has 128 valence electrons. The summed E-state index contributed by atoms with van der Waals surface area (Å²) in [6.45, 7) is 2.03. The first-order valence-corrected chi connectivity index (χ1v) is 8.95. The van der Waals surface area contributed by atoms with Gasteiger partial charge in [-0.2, -0.15) is 5.10 Å². The molecule has 1 N–H and O–H groups in total. The van der Waals surface area contributed by atoms with Crippen molar-refractivity contribution >= 4 is 34.6 Å². The lowest BCUT2D eigenvalue weighted by molar-refractivity contribution is -0.115. The molecule has 1 fully saturated rings. The second-order valence-corrected chi connectivity index (χ2v) is 6.90. The van der Waals surface area contributed by atoms with Crippen LogP contribution in [-0.2, 0) is 4.79 Å². The predicted octanol–water partition coefficient (Wildman–Crippen LogP) is 4.07. The zero-order valence-corrected chi connectivity index (χ0v) is 14.9. The van der Waals surface area contributed by atoms with E-state index in [4.69, 9.17) is 0 Å². The van der Waals surface area contributed by atoms with Crippen LogP contribution in [0.4, 0.5) is 5.69 Å². The van der Waals surface area contributed by atoms with E-state index in [-0.39, 0.29) is 5.91 Å². The van der Waals surface area contributed by atoms with Crippen LogP contribution in [-0.4, -0.2) is 20.9 Å². The number of nitrogens with one attached hydrogen (secondary N) is 1. The second-order valence-electron chi connectivity index (χ2n) is 5.87. The molecule has 0 bridgehead atoms. The van der Waals surface area contributed by atoms with E-state index in [1.54, 1.807) is 10.9 Å². The van der Waals surface area contributed by atoms with Crippen LogP contribution in [0.2, 0.25) is 0 Å². The van der Waals surface area contributed by atoms with Crippen molar-refractivity contribution in [3.63, 3.8) is 0 Å². The lowest BCUT2D eigenvalue weighted by Crippen LogP contribution is -2.19. The summed E-state index contributed by atoms with van der Waals surface area (Å²) in [6.07, 6.45) is 5.46. The third kappa shape index (κ3) is 3.60. The topological polar surface area (TPSA) is 59.3 Å². The normalized spacial score (nSPS) is 17.0. The Morgan fingerprint density at radius 1 is 1.12 bits per heavy atom. The Balaban J connectivity index is 1.54. The third-order valence-electron chi connectivity index (χ3n) is 3.84. The molecule has 0 unspecified atom stereocenters. The molecular formula is C20H16N4OS. The Kier molecular flexibility index (Phi) is 4.41. The SMILES string of the molecule is Cc1ccc(N=C2NC(=O)/C(=C\c3cnn(-c4ccccc4)c3)S2)cc1. The van der Waals surface area contributed by atoms with Crippen molar-refractivity contribution in [2.45, 2.75) is 6.92 Å². The second kappa shape index (κ2) is 7.01. The summed E-state index contributed by atoms with van der Waals surface area (Å²) in [6, 6.07) is 17.7. The van der Waals surface area contributed by atoms with Crippen LogP contribution in [0.5, 0.6) is 0 Å². The number of hydrogen-bond acceptors (Lipinski definition) is 4. The number of aromatic nitrogens is 2. The monoisotopic (exact) mass is 360 g/mol. The van der Waals surface area contributed by atoms with Crippen LogP contribution in [0, 0.1) is 6.92 Å². The minimum atomic E-state index is -0.145. The average molecular weight is 360 g/mol. The average Bonchev–Trinajstić information content (AvgIpc) is 3.25. The lowest BCUT2D eigenvalue weighted by Gasteiger charge is -1.98. The maximum absolute atomic E-state index is 12.2. The molecule has 0 radical (unpaired) electrons. The van der Waals surface area contributed by atoms with E-state index in [2.05, 4.69) is 15.4 Å². The Labute approximate surface area is 155 Å². The maximum Gasteiger partial charge on any atom is 0.264 e. The fourth-order valence-electron chi connectivity index (χ4n) is 2.50. The van der Waals surface area contributed by atoms with Crippen LogP contribution >= 0.6 is 11.8 Å². The molecule has 2 heterocycles. The van der Waals surface area contributed by atoms with Gasteiger partial charge in [0, 0.05) is 11.8 Å². The molecule has 4 rings (SSSR count). The zero-order chi connectivity index (χ0) is 17.9. The van der Waals surface area contributed by atoms with Gasteiger partial charge in [0.15, 0.2) is 5.17 Å². The number of nitrogens with zero attached hydrogens (tertiary/aromatic N) is 3. The highest BCUT2D eigenvalue weighted by Gasteiger charge is 2.24. The van der Waals surface area contributed by atoms with Gasteiger partial charge in [-0.3, -0.25) is 4.79 Å². The van der Waals surface area contributed by atoms with Crippen LogP contribution in [0.15, 0.2) is 76.9 Å². The molecule has 1 saturated heterocycles. The quantitative estimate of drug-likeness (QED) is 0.716. The Morgan fingerprint density at radius 3 is 2.65 bits per heavy atom. The highest BCUT2D eigenvalue weighted by Crippen LogP contribution is 2.28. The molecule has 0 atom stereocenters. The predicted molar refractivity (Wildman–Crippen MR) is 106 cm³/mol. The maximum atomic E-state index is 12.2. The fourth-order valence-corrected chi connectivity index (χ4v) is 3.34. The Bertz CT molecular complexity index is 1000. The number of amidine groups is 1. The minimum absolute atomic E-state index is 0.145. The van der Waals surface area contributed by atoms with E-state index < -0.39 is 0 Å². The van der Waals surface area contributed by atoms with E-state index in [1.165, 1.54) is 17.3 Å². The van der Waals surface area contributed by atoms with Gasteiger partial charge in [-0.25, -0.2) is 9.67 Å². The molecule has 1 aliphatic heterocycles. The third-order valence-corrected chi connectivity index (χ3v) is 4.75. The first-order valence-electron chi connectivity index (χ1n) is 8.14. The molecule has 26 heavy (non-hydrogen) atoms. The molecule has 1 aromatic heterocycles. The number of carbonyl (C=O) groups is 1. The van der Waals surface area contributed by atoms with Crippen LogP contribution in [0.1, 0.15) is 11.1 Å². The first kappa shape index (κ1) is 16.4. The zero-order valence-electron chi connectivity index (χ0n) is 14.1. The number of para-hydroxylation sites is 1. The van der Waals surface area contributed by atoms with Gasteiger partial charge < -0.3 is 5.32 Å². The van der Waals surface area contributed by atoms with Gasteiger partial charge in [0.05, 0.1) is 22.5 Å². The molecule has 5 nitrogen and oxygen atoms in total. The summed E-state index contributed by atoms with van der Waals surface area (Å²) in [5.74, 6) is -0.145. The van der Waals surface area contributed by atoms with Crippen molar-refractivity contribution < 1.29 is 4.79 Å². The fraction of sp³-hybridized carbons (Fsp3) is 0.0500. The highest BCUT2D eigenvalue weighted by molar-refractivity contribution is 8.18. The summed E-state index contributed by atoms with van der Waals surface area (Å²) in [4.78, 5) is 17.3. The van der Waals surface area contributed by atoms with Crippen LogP contribution in [0.3, 0.4) is 0 Å². The number of rotatable bonds is 3. The molecule has 0 saturated carbocycles. The number of benzene rings is 2. The van der Waals surface area contributed by atoms with E-state index >= 15 is 0 Å². The summed E-state index contributed by atoms with van der Waals surface area (Å²) in [5.41, 5.74) is 3.83. The minimum Gasteiger partial charge on any atom is -0.300 e. The smallest absolute Gasteiger partial charge is 0.264 e. The Morgan fingerprint density at radius 2 is 1.88 bits per heavy atom. The Hall–Kier alpha value is -3.12. The summed E-state index contributed by atoms with van der Waals surface area (Å²) >= 11 is 1.33. The number of carbonyl (C=O) groups excluding carboxylic acids is 1. The molecule has 2 aromatic carbocycles. The largest absolute Gasteiger partial charge is 0.300 e. The molecule has 3 aromatic rings. The number of thioether (sulfide) groups is 1. The van der Waals surface area contributed by atoms with Crippen molar-refractivity contribution in [3.05, 3.63) is 83.0 Å². The van der Waals surface area contributed by atoms with Crippen molar-refractivity contribution in [2.24, 2.45) is 4.99 Å². The molecule has 0 spiro atoms. The summed E-state index contributed by atoms with van der Waals surface area (Å²) in [5, 5.41) is 7.74. The highest BCUT2D eigenvalue weighted by atomic mass is 32.2. The molecule has 0 aliphatic carbocycles. The van der Waals surface area contributed by atoms with E-state index in [0.29, 0.717) is 10.1 Å². The first-order chi connectivity index (χ1) is 12.7. The molecular weight excluding hydrogens is 344 g/mol. The van der Waals surface area contributed by atoms with Gasteiger partial charge in [0.1, 0.15) is 0 Å². The van der Waals surface area contributed by atoms with Crippen molar-refractivity contribution in [3.8, 4) is 5.69 Å². The van der Waals surface area contributed by atoms with Gasteiger partial charge in [0.2, 0.25) is 0 Å². The number of aliphatic imine (C=N–C) groups is 1. The summed E-state index contributed by atoms with van der Waals surface area (Å²) < 4.78 is 1.78. The van der Waals surface area contributed by atoms with Gasteiger partial charge in [-0.15, -0.1) is 0 Å².